The summed E-state index contributed by atoms with van der Waals surface area (Å²) in [5, 5.41) is 19.9. The molecule has 0 aliphatic carbocycles. The van der Waals surface area contributed by atoms with Gasteiger partial charge in [-0.3, -0.25) is 4.79 Å². The van der Waals surface area contributed by atoms with Crippen molar-refractivity contribution in [1.82, 2.24) is 5.16 Å². The van der Waals surface area contributed by atoms with Gasteiger partial charge < -0.3 is 19.7 Å². The van der Waals surface area contributed by atoms with Crippen LogP contribution in [0, 0.1) is 18.8 Å². The molecule has 2 N–H and O–H groups in total. The maximum absolute atomic E-state index is 13.8. The number of nitrogens with one attached hydrogen (secondary N) is 1. The van der Waals surface area contributed by atoms with Crippen LogP contribution in [0.15, 0.2) is 70.0 Å². The molecule has 4 aromatic rings. The molecule has 1 unspecified atom stereocenters. The Morgan fingerprint density at radius 2 is 1.71 bits per heavy atom. The van der Waals surface area contributed by atoms with Crippen LogP contribution >= 0.6 is 11.6 Å². The Morgan fingerprint density at radius 3 is 2.36 bits per heavy atom. The highest BCUT2D eigenvalue weighted by Crippen LogP contribution is 2.39. The van der Waals surface area contributed by atoms with Gasteiger partial charge in [-0.15, -0.1) is 0 Å². The monoisotopic (exact) mass is 586 g/mol. The van der Waals surface area contributed by atoms with Crippen molar-refractivity contribution in [3.05, 3.63) is 98.5 Å². The molecule has 0 saturated carbocycles. The lowest BCUT2D eigenvalue weighted by molar-refractivity contribution is -0.130. The minimum absolute atomic E-state index is 0.0249. The van der Waals surface area contributed by atoms with Crippen LogP contribution in [0.2, 0.25) is 5.02 Å². The summed E-state index contributed by atoms with van der Waals surface area (Å²) in [6, 6.07) is 17.8. The number of hydrogen-bond donors (Lipinski definition) is 2. The van der Waals surface area contributed by atoms with Crippen molar-refractivity contribution in [2.75, 3.05) is 12.4 Å². The molecule has 1 heterocycles. The Labute approximate surface area is 250 Å². The number of aromatic nitrogens is 1. The van der Waals surface area contributed by atoms with E-state index in [1.165, 1.54) is 0 Å². The minimum atomic E-state index is -2.12. The lowest BCUT2D eigenvalue weighted by Crippen LogP contribution is -2.46. The summed E-state index contributed by atoms with van der Waals surface area (Å²) in [4.78, 5) is 25.9. The second-order valence-corrected chi connectivity index (χ2v) is 12.5. The third-order valence-corrected chi connectivity index (χ3v) is 7.52. The molecule has 0 aliphatic heterocycles. The summed E-state index contributed by atoms with van der Waals surface area (Å²) in [5.41, 5.74) is -0.0524. The van der Waals surface area contributed by atoms with Crippen molar-refractivity contribution in [2.24, 2.45) is 0 Å². The number of rotatable bonds is 6. The first-order chi connectivity index (χ1) is 19.6. The largest absolute Gasteiger partial charge is 0.496 e. The number of aryl methyl sites for hydroxylation is 1. The van der Waals surface area contributed by atoms with Crippen molar-refractivity contribution in [3.8, 4) is 17.6 Å². The number of fused-ring (bicyclic) bond motifs is 1. The molecular formula is C34H35ClN2O5. The zero-order valence-corrected chi connectivity index (χ0v) is 25.6. The topological polar surface area (TPSA) is 102 Å². The second-order valence-electron chi connectivity index (χ2n) is 12.1. The number of ether oxygens (including phenoxy) is 1. The van der Waals surface area contributed by atoms with Gasteiger partial charge in [-0.05, 0) is 71.3 Å². The van der Waals surface area contributed by atoms with E-state index < -0.39 is 22.5 Å². The number of hydrogen-bond acceptors (Lipinski definition) is 6. The molecular weight excluding hydrogens is 552 g/mol. The van der Waals surface area contributed by atoms with Crippen LogP contribution in [-0.2, 0) is 15.6 Å². The predicted octanol–water partition coefficient (Wildman–Crippen LogP) is 6.55. The first-order valence-electron chi connectivity index (χ1n) is 13.5. The lowest BCUT2D eigenvalue weighted by Gasteiger charge is -2.33. The van der Waals surface area contributed by atoms with E-state index in [0.29, 0.717) is 38.5 Å². The lowest BCUT2D eigenvalue weighted by atomic mass is 9.74. The van der Waals surface area contributed by atoms with Crippen LogP contribution in [0.5, 0.6) is 5.75 Å². The molecule has 0 fully saturated rings. The Balaban J connectivity index is 1.75. The average Bonchev–Trinajstić information content (AvgIpc) is 2.93. The van der Waals surface area contributed by atoms with Crippen LogP contribution in [0.3, 0.4) is 0 Å². The molecule has 4 rings (SSSR count). The fraction of sp³-hybridized carbons (Fsp3) is 0.324. The van der Waals surface area contributed by atoms with Gasteiger partial charge in [-0.2, -0.15) is 0 Å². The van der Waals surface area contributed by atoms with Gasteiger partial charge in [0.25, 0.3) is 5.91 Å². The molecule has 7 nitrogen and oxygen atoms in total. The van der Waals surface area contributed by atoms with E-state index in [4.69, 9.17) is 20.9 Å². The van der Waals surface area contributed by atoms with E-state index in [-0.39, 0.29) is 11.8 Å². The predicted molar refractivity (Wildman–Crippen MR) is 166 cm³/mol. The van der Waals surface area contributed by atoms with Crippen LogP contribution in [0.1, 0.15) is 63.4 Å². The van der Waals surface area contributed by atoms with Gasteiger partial charge in [-0.25, -0.2) is 4.79 Å². The third kappa shape index (κ3) is 6.67. The van der Waals surface area contributed by atoms with E-state index in [1.807, 2.05) is 44.2 Å². The molecule has 1 aromatic heterocycles. The molecule has 8 heteroatoms. The molecule has 3 aromatic carbocycles. The normalized spacial score (nSPS) is 13.2. The highest BCUT2D eigenvalue weighted by atomic mass is 35.5. The molecule has 42 heavy (non-hydrogen) atoms. The van der Waals surface area contributed by atoms with Crippen LogP contribution < -0.4 is 15.7 Å². The molecule has 0 aliphatic rings. The van der Waals surface area contributed by atoms with Crippen molar-refractivity contribution in [1.29, 1.82) is 0 Å². The van der Waals surface area contributed by atoms with Crippen molar-refractivity contribution in [2.45, 2.75) is 64.4 Å². The van der Waals surface area contributed by atoms with Crippen LogP contribution in [0.25, 0.3) is 10.8 Å². The highest BCUT2D eigenvalue weighted by molar-refractivity contribution is 6.30. The average molecular weight is 587 g/mol. The molecule has 1 atom stereocenters. The molecule has 0 bridgehead atoms. The summed E-state index contributed by atoms with van der Waals surface area (Å²) in [7, 11) is 1.54. The molecule has 0 radical (unpaired) electrons. The summed E-state index contributed by atoms with van der Waals surface area (Å²) in [6.45, 7) is 11.9. The fourth-order valence-electron chi connectivity index (χ4n) is 4.91. The number of methoxy groups -OCH3 is 1. The standard InChI is InChI=1S/C34H35ClN2O5/c1-21-27-19-25(13-14-26(27)30(38)42-37-21)36-31(39)34(40,17-16-22-8-10-23(11-9-22)32(2,3)4)20-33(5,6)28-15-12-24(35)18-29(28)41-7/h8-15,18-19,40H,20H2,1-7H3,(H,36,39). The Kier molecular flexibility index (Phi) is 8.54. The molecule has 0 spiro atoms. The Bertz CT molecular complexity index is 1760. The quantitative estimate of drug-likeness (QED) is 0.249. The van der Waals surface area contributed by atoms with Crippen LogP contribution in [-0.4, -0.2) is 28.9 Å². The SMILES string of the molecule is COc1cc(Cl)ccc1C(C)(C)CC(O)(C#Cc1ccc(C(C)(C)C)cc1)C(=O)Nc1ccc2c(=O)onc(C)c2c1. The first kappa shape index (κ1) is 30.8. The van der Waals surface area contributed by atoms with Gasteiger partial charge in [-0.1, -0.05) is 81.4 Å². The van der Waals surface area contributed by atoms with E-state index in [1.54, 1.807) is 44.4 Å². The zero-order chi connectivity index (χ0) is 30.9. The van der Waals surface area contributed by atoms with Gasteiger partial charge in [0.2, 0.25) is 5.60 Å². The number of nitrogens with zero attached hydrogens (tertiary/aromatic N) is 1. The Hall–Kier alpha value is -4.12. The molecule has 0 saturated heterocycles. The maximum atomic E-state index is 13.8. The third-order valence-electron chi connectivity index (χ3n) is 7.28. The van der Waals surface area contributed by atoms with Gasteiger partial charge in [0.15, 0.2) is 0 Å². The number of anilines is 1. The second kappa shape index (κ2) is 11.6. The summed E-state index contributed by atoms with van der Waals surface area (Å²) in [5.74, 6) is 5.71. The summed E-state index contributed by atoms with van der Waals surface area (Å²) < 4.78 is 10.4. The van der Waals surface area contributed by atoms with Gasteiger partial charge >= 0.3 is 5.63 Å². The number of halogens is 1. The van der Waals surface area contributed by atoms with Crippen molar-refractivity contribution in [3.63, 3.8) is 0 Å². The minimum Gasteiger partial charge on any atom is -0.496 e. The number of amides is 1. The summed E-state index contributed by atoms with van der Waals surface area (Å²) >= 11 is 6.19. The van der Waals surface area contributed by atoms with Crippen molar-refractivity contribution >= 4 is 34.0 Å². The first-order valence-corrected chi connectivity index (χ1v) is 13.9. The Morgan fingerprint density at radius 1 is 1.02 bits per heavy atom. The highest BCUT2D eigenvalue weighted by Gasteiger charge is 2.42. The summed E-state index contributed by atoms with van der Waals surface area (Å²) in [6.07, 6.45) is -0.0609. The molecule has 1 amide bonds. The number of carbonyl (C=O) groups excluding carboxylic acids is 1. The van der Waals surface area contributed by atoms with E-state index in [0.717, 1.165) is 11.1 Å². The van der Waals surface area contributed by atoms with Gasteiger partial charge in [0.05, 0.1) is 18.2 Å². The van der Waals surface area contributed by atoms with E-state index in [2.05, 4.69) is 43.1 Å². The van der Waals surface area contributed by atoms with E-state index in [9.17, 15) is 14.7 Å². The molecule has 218 valence electrons. The fourth-order valence-corrected chi connectivity index (χ4v) is 5.07. The maximum Gasteiger partial charge on any atom is 0.366 e. The number of carbonyl (C=O) groups is 1. The number of benzene rings is 3. The van der Waals surface area contributed by atoms with Crippen molar-refractivity contribution < 1.29 is 19.2 Å². The number of aliphatic hydroxyl groups is 1. The smallest absolute Gasteiger partial charge is 0.366 e. The van der Waals surface area contributed by atoms with Gasteiger partial charge in [0, 0.05) is 28.1 Å². The van der Waals surface area contributed by atoms with Gasteiger partial charge in [0.1, 0.15) is 5.75 Å². The van der Waals surface area contributed by atoms with Crippen LogP contribution in [0.4, 0.5) is 5.69 Å². The van der Waals surface area contributed by atoms with E-state index >= 15 is 0 Å². The zero-order valence-electron chi connectivity index (χ0n) is 24.9.